The van der Waals surface area contributed by atoms with Gasteiger partial charge < -0.3 is 10.2 Å². The molecule has 2 heterocycles. The summed E-state index contributed by atoms with van der Waals surface area (Å²) in [5.74, 6) is -0.694. The number of aryl methyl sites for hydroxylation is 1. The Kier molecular flexibility index (Phi) is 3.98. The van der Waals surface area contributed by atoms with Crippen molar-refractivity contribution < 1.29 is 14.0 Å². The van der Waals surface area contributed by atoms with Crippen molar-refractivity contribution >= 4 is 22.7 Å². The Bertz CT molecular complexity index is 791. The van der Waals surface area contributed by atoms with Gasteiger partial charge in [0.05, 0.1) is 16.8 Å². The Balaban J connectivity index is 2.00. The van der Waals surface area contributed by atoms with E-state index < -0.39 is 6.04 Å². The molecule has 1 atom stereocenters. The number of nitrogens with zero attached hydrogens (tertiary/aromatic N) is 2. The lowest BCUT2D eigenvalue weighted by atomic mass is 10.1. The predicted octanol–water partition coefficient (Wildman–Crippen LogP) is 2.03. The number of aromatic nitrogens is 1. The fraction of sp³-hybridized carbons (Fsp3) is 0.353. The standard InChI is InChI=1S/C17H18FN3O2/c1-3-21(15-6-7-19-16(15)22)17(23)13-8-11-4-5-12(18)9-14(11)20-10(13)2/h4-5,8-9,15H,3,6-7H2,1-2H3,(H,19,22). The molecular weight excluding hydrogens is 297 g/mol. The lowest BCUT2D eigenvalue weighted by Gasteiger charge is -2.26. The van der Waals surface area contributed by atoms with Crippen LogP contribution in [0.15, 0.2) is 24.3 Å². The minimum Gasteiger partial charge on any atom is -0.354 e. The topological polar surface area (TPSA) is 62.3 Å². The summed E-state index contributed by atoms with van der Waals surface area (Å²) in [7, 11) is 0. The molecule has 6 heteroatoms. The highest BCUT2D eigenvalue weighted by Gasteiger charge is 2.33. The molecule has 23 heavy (non-hydrogen) atoms. The third kappa shape index (κ3) is 2.76. The fourth-order valence-corrected chi connectivity index (χ4v) is 2.99. The van der Waals surface area contributed by atoms with Gasteiger partial charge in [0.25, 0.3) is 5.91 Å². The first-order valence-electron chi connectivity index (χ1n) is 7.67. The lowest BCUT2D eigenvalue weighted by Crippen LogP contribution is -2.44. The molecule has 2 amide bonds. The van der Waals surface area contributed by atoms with Crippen molar-refractivity contribution in [2.75, 3.05) is 13.1 Å². The summed E-state index contributed by atoms with van der Waals surface area (Å²) in [4.78, 5) is 30.7. The van der Waals surface area contributed by atoms with Crippen LogP contribution in [-0.2, 0) is 4.79 Å². The Morgan fingerprint density at radius 1 is 1.43 bits per heavy atom. The highest BCUT2D eigenvalue weighted by Crippen LogP contribution is 2.21. The Morgan fingerprint density at radius 3 is 2.87 bits per heavy atom. The number of carbonyl (C=O) groups excluding carboxylic acids is 2. The van der Waals surface area contributed by atoms with Gasteiger partial charge in [-0.2, -0.15) is 0 Å². The average molecular weight is 315 g/mol. The van der Waals surface area contributed by atoms with E-state index in [0.717, 1.165) is 0 Å². The van der Waals surface area contributed by atoms with E-state index in [-0.39, 0.29) is 17.6 Å². The van der Waals surface area contributed by atoms with Crippen LogP contribution in [0.25, 0.3) is 10.9 Å². The zero-order valence-electron chi connectivity index (χ0n) is 13.1. The van der Waals surface area contributed by atoms with Crippen LogP contribution < -0.4 is 5.32 Å². The molecule has 0 radical (unpaired) electrons. The number of likely N-dealkylation sites (N-methyl/N-ethyl adjacent to an activating group) is 1. The van der Waals surface area contributed by atoms with Crippen molar-refractivity contribution in [2.24, 2.45) is 0 Å². The third-order valence-corrected chi connectivity index (χ3v) is 4.20. The summed E-state index contributed by atoms with van der Waals surface area (Å²) in [5.41, 5.74) is 1.50. The number of benzene rings is 1. The van der Waals surface area contributed by atoms with E-state index in [0.29, 0.717) is 41.7 Å². The van der Waals surface area contributed by atoms with Crippen molar-refractivity contribution in [1.82, 2.24) is 15.2 Å². The Labute approximate surface area is 133 Å². The predicted molar refractivity (Wildman–Crippen MR) is 84.6 cm³/mol. The maximum atomic E-state index is 13.3. The molecule has 1 aromatic carbocycles. The smallest absolute Gasteiger partial charge is 0.256 e. The normalized spacial score (nSPS) is 17.3. The number of halogens is 1. The Hall–Kier alpha value is -2.50. The number of pyridine rings is 1. The molecule has 1 aliphatic heterocycles. The summed E-state index contributed by atoms with van der Waals surface area (Å²) in [6.07, 6.45) is 0.615. The number of hydrogen-bond acceptors (Lipinski definition) is 3. The molecule has 1 unspecified atom stereocenters. The molecule has 120 valence electrons. The number of carbonyl (C=O) groups is 2. The molecule has 5 nitrogen and oxygen atoms in total. The van der Waals surface area contributed by atoms with Crippen LogP contribution in [0.1, 0.15) is 29.4 Å². The van der Waals surface area contributed by atoms with E-state index in [2.05, 4.69) is 10.3 Å². The zero-order valence-corrected chi connectivity index (χ0v) is 13.1. The minimum absolute atomic E-state index is 0.117. The Morgan fingerprint density at radius 2 is 2.22 bits per heavy atom. The fourth-order valence-electron chi connectivity index (χ4n) is 2.99. The van der Waals surface area contributed by atoms with Crippen LogP contribution in [0.3, 0.4) is 0 Å². The average Bonchev–Trinajstić information content (AvgIpc) is 2.93. The van der Waals surface area contributed by atoms with Gasteiger partial charge in [0, 0.05) is 24.5 Å². The molecule has 2 aromatic rings. The van der Waals surface area contributed by atoms with E-state index in [4.69, 9.17) is 0 Å². The quantitative estimate of drug-likeness (QED) is 0.943. The maximum absolute atomic E-state index is 13.3. The van der Waals surface area contributed by atoms with E-state index >= 15 is 0 Å². The van der Waals surface area contributed by atoms with Crippen molar-refractivity contribution in [3.63, 3.8) is 0 Å². The van der Waals surface area contributed by atoms with Gasteiger partial charge >= 0.3 is 0 Å². The number of rotatable bonds is 3. The van der Waals surface area contributed by atoms with Crippen LogP contribution in [-0.4, -0.2) is 40.8 Å². The highest BCUT2D eigenvalue weighted by atomic mass is 19.1. The van der Waals surface area contributed by atoms with Gasteiger partial charge in [0.1, 0.15) is 11.9 Å². The van der Waals surface area contributed by atoms with Crippen LogP contribution in [0.4, 0.5) is 4.39 Å². The largest absolute Gasteiger partial charge is 0.354 e. The second kappa shape index (κ2) is 5.95. The molecule has 1 aromatic heterocycles. The van der Waals surface area contributed by atoms with E-state index in [1.165, 1.54) is 12.1 Å². The summed E-state index contributed by atoms with van der Waals surface area (Å²) in [5, 5.41) is 3.45. The second-order valence-electron chi connectivity index (χ2n) is 5.65. The monoisotopic (exact) mass is 315 g/mol. The first-order valence-corrected chi connectivity index (χ1v) is 7.67. The van der Waals surface area contributed by atoms with Gasteiger partial charge in [-0.05, 0) is 38.5 Å². The van der Waals surface area contributed by atoms with Gasteiger partial charge in [-0.15, -0.1) is 0 Å². The SMILES string of the molecule is CCN(C(=O)c1cc2ccc(F)cc2nc1C)C1CCNC1=O. The van der Waals surface area contributed by atoms with Crippen LogP contribution in [0, 0.1) is 12.7 Å². The molecule has 1 aliphatic rings. The molecular formula is C17H18FN3O2. The zero-order chi connectivity index (χ0) is 16.6. The first-order chi connectivity index (χ1) is 11.0. The number of nitrogens with one attached hydrogen (secondary N) is 1. The molecule has 1 N–H and O–H groups in total. The van der Waals surface area contributed by atoms with Gasteiger partial charge in [0.15, 0.2) is 0 Å². The van der Waals surface area contributed by atoms with E-state index in [1.54, 1.807) is 24.0 Å². The summed E-state index contributed by atoms with van der Waals surface area (Å²) in [6.45, 7) is 4.60. The summed E-state index contributed by atoms with van der Waals surface area (Å²) in [6, 6.07) is 5.58. The molecule has 0 saturated carbocycles. The molecule has 0 aliphatic carbocycles. The first kappa shape index (κ1) is 15.4. The van der Waals surface area contributed by atoms with Gasteiger partial charge in [0.2, 0.25) is 5.91 Å². The molecule has 1 fully saturated rings. The van der Waals surface area contributed by atoms with Crippen LogP contribution >= 0.6 is 0 Å². The lowest BCUT2D eigenvalue weighted by molar-refractivity contribution is -0.123. The van der Waals surface area contributed by atoms with Crippen molar-refractivity contribution in [3.05, 3.63) is 41.3 Å². The van der Waals surface area contributed by atoms with Crippen LogP contribution in [0.2, 0.25) is 0 Å². The third-order valence-electron chi connectivity index (χ3n) is 4.20. The van der Waals surface area contributed by atoms with E-state index in [9.17, 15) is 14.0 Å². The minimum atomic E-state index is -0.434. The van der Waals surface area contributed by atoms with Crippen molar-refractivity contribution in [1.29, 1.82) is 0 Å². The van der Waals surface area contributed by atoms with Crippen LogP contribution in [0.5, 0.6) is 0 Å². The number of fused-ring (bicyclic) bond motifs is 1. The number of amides is 2. The molecule has 1 saturated heterocycles. The summed E-state index contributed by atoms with van der Waals surface area (Å²) < 4.78 is 13.3. The van der Waals surface area contributed by atoms with Crippen molar-refractivity contribution in [3.8, 4) is 0 Å². The van der Waals surface area contributed by atoms with E-state index in [1.807, 2.05) is 6.92 Å². The molecule has 0 spiro atoms. The van der Waals surface area contributed by atoms with Gasteiger partial charge in [-0.3, -0.25) is 14.6 Å². The van der Waals surface area contributed by atoms with Gasteiger partial charge in [-0.25, -0.2) is 4.39 Å². The van der Waals surface area contributed by atoms with Crippen molar-refractivity contribution in [2.45, 2.75) is 26.3 Å². The maximum Gasteiger partial charge on any atom is 0.256 e. The molecule has 3 rings (SSSR count). The highest BCUT2D eigenvalue weighted by molar-refractivity contribution is 6.01. The second-order valence-corrected chi connectivity index (χ2v) is 5.65. The molecule has 0 bridgehead atoms. The number of hydrogen-bond donors (Lipinski definition) is 1. The van der Waals surface area contributed by atoms with Gasteiger partial charge in [-0.1, -0.05) is 0 Å². The summed E-state index contributed by atoms with van der Waals surface area (Å²) >= 11 is 0.